The SMILES string of the molecule is O=C(OCC1COC(c2ccccc2)(c2ccccc2)O1)c1ccccc1. The Morgan fingerprint density at radius 2 is 1.37 bits per heavy atom. The van der Waals surface area contributed by atoms with Gasteiger partial charge in [0, 0.05) is 11.1 Å². The molecule has 1 unspecified atom stereocenters. The van der Waals surface area contributed by atoms with Gasteiger partial charge in [-0.05, 0) is 12.1 Å². The van der Waals surface area contributed by atoms with Gasteiger partial charge in [-0.25, -0.2) is 4.79 Å². The molecule has 0 spiro atoms. The number of hydrogen-bond acceptors (Lipinski definition) is 4. The summed E-state index contributed by atoms with van der Waals surface area (Å²) in [5, 5.41) is 0. The Morgan fingerprint density at radius 1 is 0.852 bits per heavy atom. The number of esters is 1. The number of ether oxygens (including phenoxy) is 3. The molecule has 27 heavy (non-hydrogen) atoms. The highest BCUT2D eigenvalue weighted by Crippen LogP contribution is 2.40. The maximum absolute atomic E-state index is 12.2. The van der Waals surface area contributed by atoms with E-state index in [1.807, 2.05) is 78.9 Å². The first-order chi connectivity index (χ1) is 13.3. The van der Waals surface area contributed by atoms with Crippen LogP contribution in [0.15, 0.2) is 91.0 Å². The third kappa shape index (κ3) is 3.63. The lowest BCUT2D eigenvalue weighted by Crippen LogP contribution is -2.30. The van der Waals surface area contributed by atoms with Crippen molar-refractivity contribution in [3.8, 4) is 0 Å². The van der Waals surface area contributed by atoms with E-state index in [2.05, 4.69) is 0 Å². The average molecular weight is 360 g/mol. The fraction of sp³-hybridized carbons (Fsp3) is 0.174. The first-order valence-corrected chi connectivity index (χ1v) is 8.93. The van der Waals surface area contributed by atoms with Crippen LogP contribution in [0.5, 0.6) is 0 Å². The molecule has 1 atom stereocenters. The maximum Gasteiger partial charge on any atom is 0.338 e. The second kappa shape index (κ2) is 7.74. The molecule has 0 radical (unpaired) electrons. The zero-order chi connectivity index (χ0) is 18.5. The van der Waals surface area contributed by atoms with Crippen LogP contribution >= 0.6 is 0 Å². The van der Waals surface area contributed by atoms with E-state index in [1.165, 1.54) is 0 Å². The Balaban J connectivity index is 1.51. The van der Waals surface area contributed by atoms with Crippen molar-refractivity contribution in [3.05, 3.63) is 108 Å². The van der Waals surface area contributed by atoms with Gasteiger partial charge in [0.2, 0.25) is 5.79 Å². The standard InChI is InChI=1S/C23H20O4/c24-22(18-10-4-1-5-11-18)25-16-21-17-26-23(27-21,19-12-6-2-7-13-19)20-14-8-3-9-15-20/h1-15,21H,16-17H2. The average Bonchev–Trinajstić information content (AvgIpc) is 3.19. The number of carbonyl (C=O) groups excluding carboxylic acids is 1. The summed E-state index contributed by atoms with van der Waals surface area (Å²) in [4.78, 5) is 12.2. The van der Waals surface area contributed by atoms with Crippen LogP contribution in [0.2, 0.25) is 0 Å². The topological polar surface area (TPSA) is 44.8 Å². The van der Waals surface area contributed by atoms with Crippen molar-refractivity contribution in [2.75, 3.05) is 13.2 Å². The predicted molar refractivity (Wildman–Crippen MR) is 101 cm³/mol. The van der Waals surface area contributed by atoms with Crippen molar-refractivity contribution in [2.45, 2.75) is 11.9 Å². The van der Waals surface area contributed by atoms with Gasteiger partial charge in [-0.3, -0.25) is 0 Å². The molecule has 3 aromatic carbocycles. The van der Waals surface area contributed by atoms with Gasteiger partial charge < -0.3 is 14.2 Å². The molecule has 0 saturated carbocycles. The second-order valence-electron chi connectivity index (χ2n) is 6.36. The van der Waals surface area contributed by atoms with Crippen molar-refractivity contribution in [1.29, 1.82) is 0 Å². The monoisotopic (exact) mass is 360 g/mol. The van der Waals surface area contributed by atoms with Crippen LogP contribution in [0.4, 0.5) is 0 Å². The van der Waals surface area contributed by atoms with Crippen LogP contribution in [0.1, 0.15) is 21.5 Å². The lowest BCUT2D eigenvalue weighted by atomic mass is 9.97. The molecule has 4 heteroatoms. The van der Waals surface area contributed by atoms with E-state index in [-0.39, 0.29) is 18.7 Å². The van der Waals surface area contributed by atoms with Crippen molar-refractivity contribution in [2.24, 2.45) is 0 Å². The van der Waals surface area contributed by atoms with Gasteiger partial charge in [-0.2, -0.15) is 0 Å². The Bertz CT molecular complexity index is 839. The van der Waals surface area contributed by atoms with Crippen LogP contribution < -0.4 is 0 Å². The van der Waals surface area contributed by atoms with E-state index in [1.54, 1.807) is 12.1 Å². The first-order valence-electron chi connectivity index (χ1n) is 8.93. The molecule has 0 N–H and O–H groups in total. The summed E-state index contributed by atoms with van der Waals surface area (Å²) in [5.74, 6) is -1.36. The summed E-state index contributed by atoms with van der Waals surface area (Å²) in [6.45, 7) is 0.473. The van der Waals surface area contributed by atoms with E-state index in [0.717, 1.165) is 11.1 Å². The van der Waals surface area contributed by atoms with Crippen LogP contribution in [0.3, 0.4) is 0 Å². The van der Waals surface area contributed by atoms with Crippen LogP contribution in [-0.2, 0) is 20.0 Å². The van der Waals surface area contributed by atoms with E-state index in [4.69, 9.17) is 14.2 Å². The Hall–Kier alpha value is -2.95. The van der Waals surface area contributed by atoms with E-state index in [9.17, 15) is 4.79 Å². The molecule has 1 saturated heterocycles. The van der Waals surface area contributed by atoms with Gasteiger partial charge in [0.15, 0.2) is 0 Å². The lowest BCUT2D eigenvalue weighted by Gasteiger charge is -2.29. The molecule has 0 aromatic heterocycles. The second-order valence-corrected chi connectivity index (χ2v) is 6.36. The molecular formula is C23H20O4. The summed E-state index contributed by atoms with van der Waals surface area (Å²) < 4.78 is 17.9. The quantitative estimate of drug-likeness (QED) is 0.641. The normalized spacial score (nSPS) is 18.1. The molecule has 0 bridgehead atoms. The zero-order valence-electron chi connectivity index (χ0n) is 14.8. The van der Waals surface area contributed by atoms with E-state index < -0.39 is 5.79 Å². The predicted octanol–water partition coefficient (Wildman–Crippen LogP) is 4.16. The minimum absolute atomic E-state index is 0.134. The first kappa shape index (κ1) is 17.5. The fourth-order valence-electron chi connectivity index (χ4n) is 3.21. The summed E-state index contributed by atoms with van der Waals surface area (Å²) >= 11 is 0. The highest BCUT2D eigenvalue weighted by atomic mass is 16.8. The van der Waals surface area contributed by atoms with Gasteiger partial charge in [-0.1, -0.05) is 78.9 Å². The zero-order valence-corrected chi connectivity index (χ0v) is 14.8. The van der Waals surface area contributed by atoms with E-state index >= 15 is 0 Å². The molecule has 0 aliphatic carbocycles. The molecule has 0 amide bonds. The number of benzene rings is 3. The van der Waals surface area contributed by atoms with Gasteiger partial charge in [0.25, 0.3) is 0 Å². The maximum atomic E-state index is 12.2. The summed E-state index contributed by atoms with van der Waals surface area (Å²) in [6.07, 6.45) is -0.349. The Morgan fingerprint density at radius 3 is 1.93 bits per heavy atom. The number of rotatable bonds is 5. The van der Waals surface area contributed by atoms with Crippen molar-refractivity contribution >= 4 is 5.97 Å². The molecule has 1 fully saturated rings. The number of hydrogen-bond donors (Lipinski definition) is 0. The van der Waals surface area contributed by atoms with Crippen molar-refractivity contribution < 1.29 is 19.0 Å². The van der Waals surface area contributed by atoms with Crippen molar-refractivity contribution in [1.82, 2.24) is 0 Å². The largest absolute Gasteiger partial charge is 0.459 e. The van der Waals surface area contributed by atoms with E-state index in [0.29, 0.717) is 12.2 Å². The van der Waals surface area contributed by atoms with Crippen LogP contribution in [0, 0.1) is 0 Å². The highest BCUT2D eigenvalue weighted by Gasteiger charge is 2.45. The summed E-state index contributed by atoms with van der Waals surface area (Å²) in [5.41, 5.74) is 2.34. The molecule has 4 rings (SSSR count). The van der Waals surface area contributed by atoms with Crippen LogP contribution in [-0.4, -0.2) is 25.3 Å². The molecule has 1 aliphatic heterocycles. The van der Waals surface area contributed by atoms with Gasteiger partial charge in [-0.15, -0.1) is 0 Å². The summed E-state index contributed by atoms with van der Waals surface area (Å²) in [6, 6.07) is 28.6. The van der Waals surface area contributed by atoms with Crippen molar-refractivity contribution in [3.63, 3.8) is 0 Å². The lowest BCUT2D eigenvalue weighted by molar-refractivity contribution is -0.147. The van der Waals surface area contributed by atoms with Gasteiger partial charge >= 0.3 is 5.97 Å². The smallest absolute Gasteiger partial charge is 0.338 e. The third-order valence-corrected chi connectivity index (χ3v) is 4.52. The molecule has 4 nitrogen and oxygen atoms in total. The highest BCUT2D eigenvalue weighted by molar-refractivity contribution is 5.89. The molecule has 1 aliphatic rings. The Labute approximate surface area is 158 Å². The Kier molecular flexibility index (Phi) is 5.01. The molecule has 1 heterocycles. The minimum Gasteiger partial charge on any atom is -0.459 e. The molecular weight excluding hydrogens is 340 g/mol. The van der Waals surface area contributed by atoms with Gasteiger partial charge in [0.05, 0.1) is 12.2 Å². The molecule has 3 aromatic rings. The third-order valence-electron chi connectivity index (χ3n) is 4.52. The fourth-order valence-corrected chi connectivity index (χ4v) is 3.21. The number of carbonyl (C=O) groups is 1. The minimum atomic E-state index is -0.994. The molecule has 136 valence electrons. The van der Waals surface area contributed by atoms with Gasteiger partial charge in [0.1, 0.15) is 12.7 Å². The van der Waals surface area contributed by atoms with Crippen LogP contribution in [0.25, 0.3) is 0 Å². The summed E-state index contributed by atoms with van der Waals surface area (Å²) in [7, 11) is 0.